The third-order valence-corrected chi connectivity index (χ3v) is 7.43. The summed E-state index contributed by atoms with van der Waals surface area (Å²) in [4.78, 5) is 12.1. The van der Waals surface area contributed by atoms with Gasteiger partial charge >= 0.3 is 6.36 Å². The topological polar surface area (TPSA) is 102 Å². The van der Waals surface area contributed by atoms with Crippen LogP contribution in [0.15, 0.2) is 53.4 Å². The number of ether oxygens (including phenoxy) is 2. The minimum Gasteiger partial charge on any atom is -0.406 e. The molecule has 0 radical (unpaired) electrons. The van der Waals surface area contributed by atoms with Crippen LogP contribution in [0.25, 0.3) is 11.1 Å². The van der Waals surface area contributed by atoms with Gasteiger partial charge in [-0.2, -0.15) is 0 Å². The summed E-state index contributed by atoms with van der Waals surface area (Å²) in [6.07, 6.45) is -5.01. The molecule has 0 aromatic heterocycles. The van der Waals surface area contributed by atoms with Gasteiger partial charge in [-0.05, 0) is 48.2 Å². The molecular formula is C19H18F3NO6S. The first-order chi connectivity index (χ1) is 14.1. The van der Waals surface area contributed by atoms with Crippen LogP contribution >= 0.6 is 0 Å². The zero-order chi connectivity index (χ0) is 22.0. The molecule has 11 heteroatoms. The molecule has 1 saturated heterocycles. The van der Waals surface area contributed by atoms with Gasteiger partial charge in [-0.3, -0.25) is 10.0 Å². The number of nitrogens with one attached hydrogen (secondary N) is 1. The van der Waals surface area contributed by atoms with Crippen molar-refractivity contribution in [2.24, 2.45) is 0 Å². The van der Waals surface area contributed by atoms with Crippen LogP contribution in [-0.4, -0.2) is 43.9 Å². The summed E-state index contributed by atoms with van der Waals surface area (Å²) in [5.41, 5.74) is 2.54. The lowest BCUT2D eigenvalue weighted by molar-refractivity contribution is -0.274. The Kier molecular flexibility index (Phi) is 6.06. The molecule has 1 heterocycles. The summed E-state index contributed by atoms with van der Waals surface area (Å²) in [5, 5.41) is 9.06. The normalized spacial score (nSPS) is 16.7. The molecule has 2 aromatic rings. The Morgan fingerprint density at radius 1 is 1.00 bits per heavy atom. The van der Waals surface area contributed by atoms with Crippen LogP contribution in [0.2, 0.25) is 0 Å². The average Bonchev–Trinajstić information content (AvgIpc) is 2.73. The molecule has 30 heavy (non-hydrogen) atoms. The lowest BCUT2D eigenvalue weighted by atomic mass is 9.98. The SMILES string of the molecule is O=C(NO)C1(S(=O)(=O)c2ccc(-c3ccc(OC(F)(F)F)cc3)cc2)CCOCC1. The second kappa shape index (κ2) is 8.25. The van der Waals surface area contributed by atoms with E-state index < -0.39 is 26.9 Å². The molecule has 0 atom stereocenters. The maximum Gasteiger partial charge on any atom is 0.573 e. The second-order valence-electron chi connectivity index (χ2n) is 6.65. The maximum atomic E-state index is 13.2. The van der Waals surface area contributed by atoms with E-state index in [1.165, 1.54) is 41.9 Å². The third-order valence-electron chi connectivity index (χ3n) is 4.92. The van der Waals surface area contributed by atoms with Crippen molar-refractivity contribution in [1.29, 1.82) is 0 Å². The third kappa shape index (κ3) is 4.27. The smallest absolute Gasteiger partial charge is 0.406 e. The van der Waals surface area contributed by atoms with Crippen LogP contribution in [0, 0.1) is 0 Å². The highest BCUT2D eigenvalue weighted by atomic mass is 32.2. The van der Waals surface area contributed by atoms with Crippen LogP contribution in [0.5, 0.6) is 5.75 Å². The van der Waals surface area contributed by atoms with Gasteiger partial charge in [0.1, 0.15) is 5.75 Å². The summed E-state index contributed by atoms with van der Waals surface area (Å²) in [6.45, 7) is 0.105. The van der Waals surface area contributed by atoms with Gasteiger partial charge in [-0.25, -0.2) is 13.9 Å². The van der Waals surface area contributed by atoms with Crippen LogP contribution in [-0.2, 0) is 19.4 Å². The van der Waals surface area contributed by atoms with E-state index in [4.69, 9.17) is 9.94 Å². The zero-order valence-corrected chi connectivity index (χ0v) is 16.3. The number of hydrogen-bond acceptors (Lipinski definition) is 6. The average molecular weight is 445 g/mol. The summed E-state index contributed by atoms with van der Waals surface area (Å²) < 4.78 is 70.3. The molecule has 7 nitrogen and oxygen atoms in total. The number of amides is 1. The van der Waals surface area contributed by atoms with Gasteiger partial charge in [-0.1, -0.05) is 24.3 Å². The van der Waals surface area contributed by atoms with Crippen LogP contribution in [0.3, 0.4) is 0 Å². The molecule has 1 aliphatic rings. The van der Waals surface area contributed by atoms with Gasteiger partial charge in [-0.15, -0.1) is 13.2 Å². The fourth-order valence-electron chi connectivity index (χ4n) is 3.32. The van der Waals surface area contributed by atoms with Gasteiger partial charge in [0.2, 0.25) is 0 Å². The Bertz CT molecular complexity index is 998. The molecule has 162 valence electrons. The molecule has 0 unspecified atom stereocenters. The standard InChI is InChI=1S/C19H18F3NO6S/c20-19(21,22)29-15-5-1-13(2-6-15)14-3-7-16(8-4-14)30(26,27)18(17(24)23-25)9-11-28-12-10-18/h1-8,25H,9-12H2,(H,23,24). The van der Waals surface area contributed by atoms with Crippen molar-refractivity contribution in [3.8, 4) is 16.9 Å². The van der Waals surface area contributed by atoms with Crippen molar-refractivity contribution in [2.45, 2.75) is 28.8 Å². The molecule has 0 bridgehead atoms. The fraction of sp³-hybridized carbons (Fsp3) is 0.316. The molecule has 2 aromatic carbocycles. The number of carbonyl (C=O) groups excluding carboxylic acids is 1. The van der Waals surface area contributed by atoms with Crippen molar-refractivity contribution in [1.82, 2.24) is 5.48 Å². The van der Waals surface area contributed by atoms with Crippen molar-refractivity contribution < 1.29 is 41.1 Å². The minimum absolute atomic E-state index is 0.0527. The summed E-state index contributed by atoms with van der Waals surface area (Å²) >= 11 is 0. The summed E-state index contributed by atoms with van der Waals surface area (Å²) in [6, 6.07) is 10.7. The predicted octanol–water partition coefficient (Wildman–Crippen LogP) is 3.08. The number of sulfone groups is 1. The fourth-order valence-corrected chi connectivity index (χ4v) is 5.26. The van der Waals surface area contributed by atoms with Gasteiger partial charge in [0.15, 0.2) is 14.6 Å². The van der Waals surface area contributed by atoms with Crippen molar-refractivity contribution >= 4 is 15.7 Å². The number of benzene rings is 2. The number of hydroxylamine groups is 1. The molecule has 0 aliphatic carbocycles. The van der Waals surface area contributed by atoms with E-state index >= 15 is 0 Å². The number of rotatable bonds is 5. The first-order valence-electron chi connectivity index (χ1n) is 8.82. The van der Waals surface area contributed by atoms with E-state index in [2.05, 4.69) is 4.74 Å². The van der Waals surface area contributed by atoms with Crippen LogP contribution < -0.4 is 10.2 Å². The van der Waals surface area contributed by atoms with E-state index in [0.717, 1.165) is 12.1 Å². The van der Waals surface area contributed by atoms with Gasteiger partial charge in [0.05, 0.1) is 4.90 Å². The van der Waals surface area contributed by atoms with Gasteiger partial charge in [0.25, 0.3) is 5.91 Å². The Hall–Kier alpha value is -2.63. The molecule has 0 spiro atoms. The van der Waals surface area contributed by atoms with E-state index in [9.17, 15) is 26.4 Å². The first kappa shape index (κ1) is 22.1. The molecule has 0 saturated carbocycles. The molecule has 1 fully saturated rings. The number of carbonyl (C=O) groups is 1. The lowest BCUT2D eigenvalue weighted by Crippen LogP contribution is -2.54. The van der Waals surface area contributed by atoms with Crippen molar-refractivity contribution in [3.63, 3.8) is 0 Å². The highest BCUT2D eigenvalue weighted by Crippen LogP contribution is 2.36. The Morgan fingerprint density at radius 2 is 1.50 bits per heavy atom. The Labute approximate surface area is 170 Å². The summed E-state index contributed by atoms with van der Waals surface area (Å²) in [5.74, 6) is -1.39. The van der Waals surface area contributed by atoms with Crippen molar-refractivity contribution in [3.05, 3.63) is 48.5 Å². The second-order valence-corrected chi connectivity index (χ2v) is 8.91. The predicted molar refractivity (Wildman–Crippen MR) is 98.5 cm³/mol. The molecule has 1 aliphatic heterocycles. The zero-order valence-electron chi connectivity index (χ0n) is 15.5. The highest BCUT2D eigenvalue weighted by molar-refractivity contribution is 7.93. The van der Waals surface area contributed by atoms with E-state index in [-0.39, 0.29) is 36.7 Å². The van der Waals surface area contributed by atoms with Crippen LogP contribution in [0.4, 0.5) is 13.2 Å². The highest BCUT2D eigenvalue weighted by Gasteiger charge is 2.52. The molecular weight excluding hydrogens is 427 g/mol. The Balaban J connectivity index is 1.88. The Morgan fingerprint density at radius 3 is 1.97 bits per heavy atom. The van der Waals surface area contributed by atoms with Gasteiger partial charge in [0, 0.05) is 13.2 Å². The number of alkyl halides is 3. The summed E-state index contributed by atoms with van der Waals surface area (Å²) in [7, 11) is -4.16. The van der Waals surface area contributed by atoms with E-state index in [1.807, 2.05) is 0 Å². The van der Waals surface area contributed by atoms with Crippen molar-refractivity contribution in [2.75, 3.05) is 13.2 Å². The molecule has 1 amide bonds. The van der Waals surface area contributed by atoms with Gasteiger partial charge < -0.3 is 9.47 Å². The largest absolute Gasteiger partial charge is 0.573 e. The number of hydrogen-bond donors (Lipinski definition) is 2. The van der Waals surface area contributed by atoms with Crippen LogP contribution in [0.1, 0.15) is 12.8 Å². The first-order valence-corrected chi connectivity index (χ1v) is 10.3. The minimum atomic E-state index is -4.79. The lowest BCUT2D eigenvalue weighted by Gasteiger charge is -2.34. The molecule has 3 rings (SSSR count). The van der Waals surface area contributed by atoms with E-state index in [0.29, 0.717) is 11.1 Å². The monoisotopic (exact) mass is 445 g/mol. The number of halogens is 3. The quantitative estimate of drug-likeness (QED) is 0.542. The van der Waals surface area contributed by atoms with E-state index in [1.54, 1.807) is 0 Å². The molecule has 2 N–H and O–H groups in total. The maximum absolute atomic E-state index is 13.2.